The molecule has 10 aromatic rings. The van der Waals surface area contributed by atoms with Gasteiger partial charge in [0.2, 0.25) is 0 Å². The first-order chi connectivity index (χ1) is 27.7. The van der Waals surface area contributed by atoms with E-state index >= 15 is 0 Å². The zero-order valence-electron chi connectivity index (χ0n) is 33.2. The molecule has 4 heterocycles. The van der Waals surface area contributed by atoms with E-state index in [9.17, 15) is 0 Å². The molecule has 6 aromatic carbocycles. The molecule has 0 bridgehead atoms. The number of thiophene rings is 1. The third-order valence-corrected chi connectivity index (χ3v) is 13.4. The summed E-state index contributed by atoms with van der Waals surface area (Å²) in [6.45, 7) is 11.7. The molecule has 4 nitrogen and oxygen atoms in total. The summed E-state index contributed by atoms with van der Waals surface area (Å²) < 4.78 is 9.64. The van der Waals surface area contributed by atoms with Crippen LogP contribution in [0.5, 0.6) is 0 Å². The van der Waals surface area contributed by atoms with E-state index in [1.165, 1.54) is 26.6 Å². The van der Waals surface area contributed by atoms with Crippen LogP contribution in [0.4, 0.5) is 0 Å². The quantitative estimate of drug-likeness (QED) is 0.118. The first-order valence-corrected chi connectivity index (χ1v) is 23.9. The number of fused-ring (bicyclic) bond motifs is 5. The minimum Gasteiger partial charge on any atom is -0.456 e. The van der Waals surface area contributed by atoms with Gasteiger partial charge in [0.25, 0.3) is 0 Å². The molecule has 289 valence electrons. The van der Waals surface area contributed by atoms with E-state index in [2.05, 4.69) is 158 Å². The van der Waals surface area contributed by atoms with Crippen molar-refractivity contribution in [3.8, 4) is 39.5 Å². The van der Waals surface area contributed by atoms with Crippen molar-refractivity contribution in [2.45, 2.75) is 39.9 Å². The monoisotopic (exact) mass is 966 g/mol. The Bertz CT molecular complexity index is 3010. The van der Waals surface area contributed by atoms with Gasteiger partial charge in [-0.3, -0.25) is 16.3 Å². The fourth-order valence-electron chi connectivity index (χ4n) is 7.74. The Morgan fingerprint density at radius 1 is 0.724 bits per heavy atom. The number of furan rings is 1. The summed E-state index contributed by atoms with van der Waals surface area (Å²) in [5.41, 5.74) is 11.8. The maximum Gasteiger partial charge on any atom is 0.137 e. The SMILES string of the molecule is CC(C)Cc1cc(-c2[c-]cccc2)ncc1[Si](C)(C)C.[Ir].[c-]1sc2cc(-c3ccccc3)ccc2c1-c1nc2ccccc2n1-c1ccc2c(c1)oc1ccccc12. The zero-order chi connectivity index (χ0) is 39.1. The molecule has 0 aliphatic carbocycles. The molecule has 0 amide bonds. The first-order valence-electron chi connectivity index (χ1n) is 19.6. The molecular formula is C51H43IrN3OSSi-2. The van der Waals surface area contributed by atoms with Crippen LogP contribution in [0.2, 0.25) is 19.6 Å². The summed E-state index contributed by atoms with van der Waals surface area (Å²) in [7, 11) is -1.34. The Kier molecular flexibility index (Phi) is 11.2. The number of hydrogen-bond acceptors (Lipinski definition) is 4. The van der Waals surface area contributed by atoms with Gasteiger partial charge in [0.05, 0.1) is 24.9 Å². The van der Waals surface area contributed by atoms with E-state index in [1.807, 2.05) is 48.5 Å². The number of benzene rings is 6. The van der Waals surface area contributed by atoms with Crippen molar-refractivity contribution in [2.75, 3.05) is 0 Å². The number of aromatic nitrogens is 3. The van der Waals surface area contributed by atoms with E-state index in [-0.39, 0.29) is 20.1 Å². The van der Waals surface area contributed by atoms with Crippen molar-refractivity contribution in [1.29, 1.82) is 0 Å². The van der Waals surface area contributed by atoms with Gasteiger partial charge in [0, 0.05) is 48.8 Å². The normalized spacial score (nSPS) is 11.6. The molecule has 0 N–H and O–H groups in total. The fraction of sp³-hybridized carbons (Fsp3) is 0.137. The number of hydrogen-bond donors (Lipinski definition) is 0. The summed E-state index contributed by atoms with van der Waals surface area (Å²) >= 11 is 1.64. The Morgan fingerprint density at radius 3 is 2.26 bits per heavy atom. The summed E-state index contributed by atoms with van der Waals surface area (Å²) in [6, 6.07) is 53.6. The summed E-state index contributed by atoms with van der Waals surface area (Å²) in [6.07, 6.45) is 3.24. The van der Waals surface area contributed by atoms with Gasteiger partial charge >= 0.3 is 0 Å². The minimum absolute atomic E-state index is 0. The van der Waals surface area contributed by atoms with Gasteiger partial charge < -0.3 is 14.0 Å². The number of nitrogens with zero attached hydrogens (tertiary/aromatic N) is 3. The average Bonchev–Trinajstić information content (AvgIpc) is 3.94. The van der Waals surface area contributed by atoms with Crippen molar-refractivity contribution in [1.82, 2.24) is 14.5 Å². The molecule has 4 aromatic heterocycles. The maximum atomic E-state index is 6.22. The second-order valence-corrected chi connectivity index (χ2v) is 21.9. The van der Waals surface area contributed by atoms with Gasteiger partial charge in [-0.25, -0.2) is 0 Å². The molecule has 0 aliphatic heterocycles. The molecular weight excluding hydrogens is 923 g/mol. The van der Waals surface area contributed by atoms with Crippen LogP contribution in [-0.2, 0) is 26.5 Å². The average molecular weight is 966 g/mol. The van der Waals surface area contributed by atoms with Gasteiger partial charge in [-0.05, 0) is 64.7 Å². The van der Waals surface area contributed by atoms with Gasteiger partial charge in [0.15, 0.2) is 0 Å². The Balaban J connectivity index is 0.000000191. The van der Waals surface area contributed by atoms with Crippen LogP contribution in [0.1, 0.15) is 19.4 Å². The standard InChI is InChI=1S/C33H19N2OS.C18H24NSi.Ir/c1-2-8-21(9-3-1)22-14-16-26-27(20-37-32(26)18-22)33-34-28-11-5-6-12-29(28)35(33)23-15-17-25-24-10-4-7-13-30(24)36-31(25)19-23;1-14(2)11-16-12-17(15-9-7-6-8-10-15)19-13-18(16)20(3,4)5;/h1-19H;6-9,12-14H,11H2,1-5H3;/q2*-1;. The van der Waals surface area contributed by atoms with Gasteiger partial charge in [-0.1, -0.05) is 134 Å². The number of pyridine rings is 1. The Hall–Kier alpha value is -5.43. The number of rotatable bonds is 7. The van der Waals surface area contributed by atoms with Crippen molar-refractivity contribution in [3.63, 3.8) is 0 Å². The molecule has 0 saturated carbocycles. The summed E-state index contributed by atoms with van der Waals surface area (Å²) in [5, 5.41) is 8.47. The third kappa shape index (κ3) is 7.76. The molecule has 0 atom stereocenters. The molecule has 58 heavy (non-hydrogen) atoms. The van der Waals surface area contributed by atoms with E-state index < -0.39 is 8.07 Å². The van der Waals surface area contributed by atoms with Crippen LogP contribution < -0.4 is 5.19 Å². The molecule has 0 fully saturated rings. The van der Waals surface area contributed by atoms with Crippen LogP contribution >= 0.6 is 11.3 Å². The second-order valence-electron chi connectivity index (χ2n) is 16.0. The molecule has 0 saturated heterocycles. The molecule has 0 unspecified atom stereocenters. The first kappa shape index (κ1) is 39.4. The van der Waals surface area contributed by atoms with Gasteiger partial charge in [0.1, 0.15) is 11.2 Å². The minimum atomic E-state index is -1.34. The van der Waals surface area contributed by atoms with E-state index in [1.54, 1.807) is 11.3 Å². The van der Waals surface area contributed by atoms with Gasteiger partial charge in [-0.2, -0.15) is 0 Å². The van der Waals surface area contributed by atoms with E-state index in [0.29, 0.717) is 5.92 Å². The van der Waals surface area contributed by atoms with Crippen LogP contribution in [-0.4, -0.2) is 22.6 Å². The largest absolute Gasteiger partial charge is 0.456 e. The van der Waals surface area contributed by atoms with Crippen LogP contribution in [0.25, 0.3) is 82.5 Å². The van der Waals surface area contributed by atoms with E-state index in [4.69, 9.17) is 9.40 Å². The van der Waals surface area contributed by atoms with Crippen LogP contribution in [0.3, 0.4) is 0 Å². The molecule has 7 heteroatoms. The molecule has 0 spiro atoms. The fourth-order valence-corrected chi connectivity index (χ4v) is 10.2. The predicted molar refractivity (Wildman–Crippen MR) is 243 cm³/mol. The number of imidazole rings is 1. The van der Waals surface area contributed by atoms with Crippen molar-refractivity contribution in [3.05, 3.63) is 169 Å². The number of para-hydroxylation sites is 3. The topological polar surface area (TPSA) is 43.9 Å². The van der Waals surface area contributed by atoms with Crippen molar-refractivity contribution in [2.24, 2.45) is 5.92 Å². The molecule has 0 aliphatic rings. The van der Waals surface area contributed by atoms with E-state index in [0.717, 1.165) is 73.1 Å². The molecule has 10 rings (SSSR count). The summed E-state index contributed by atoms with van der Waals surface area (Å²) in [4.78, 5) is 9.78. The summed E-state index contributed by atoms with van der Waals surface area (Å²) in [5.74, 6) is 1.55. The Labute approximate surface area is 358 Å². The van der Waals surface area contributed by atoms with Crippen LogP contribution in [0, 0.1) is 17.4 Å². The third-order valence-electron chi connectivity index (χ3n) is 10.4. The van der Waals surface area contributed by atoms with Gasteiger partial charge in [-0.15, -0.1) is 47.3 Å². The van der Waals surface area contributed by atoms with Crippen molar-refractivity contribution < 1.29 is 24.5 Å². The Morgan fingerprint density at radius 2 is 1.47 bits per heavy atom. The van der Waals surface area contributed by atoms with Crippen molar-refractivity contribution >= 4 is 67.7 Å². The van der Waals surface area contributed by atoms with Crippen LogP contribution in [0.15, 0.2) is 156 Å². The predicted octanol–water partition coefficient (Wildman–Crippen LogP) is 13.6. The zero-order valence-corrected chi connectivity index (χ0v) is 37.4. The smallest absolute Gasteiger partial charge is 0.137 e. The second kappa shape index (κ2) is 16.4. The maximum absolute atomic E-state index is 6.22. The molecule has 1 radical (unpaired) electrons.